The lowest BCUT2D eigenvalue weighted by Crippen LogP contribution is -2.45. The molecule has 146 valence electrons. The van der Waals surface area contributed by atoms with Crippen LogP contribution in [0.15, 0.2) is 24.3 Å². The van der Waals surface area contributed by atoms with Crippen LogP contribution in [0.1, 0.15) is 33.6 Å². The van der Waals surface area contributed by atoms with Gasteiger partial charge in [0.2, 0.25) is 0 Å². The van der Waals surface area contributed by atoms with E-state index in [9.17, 15) is 4.79 Å². The quantitative estimate of drug-likeness (QED) is 0.891. The van der Waals surface area contributed by atoms with Crippen LogP contribution in [-0.4, -0.2) is 53.2 Å². The predicted molar refractivity (Wildman–Crippen MR) is 108 cm³/mol. The van der Waals surface area contributed by atoms with Crippen molar-refractivity contribution in [3.8, 4) is 0 Å². The number of para-hydroxylation sites is 2. The van der Waals surface area contributed by atoms with Gasteiger partial charge >= 0.3 is 6.09 Å². The molecule has 0 aliphatic carbocycles. The van der Waals surface area contributed by atoms with Crippen molar-refractivity contribution >= 4 is 28.8 Å². The molecular formula is C20H29N5O2. The Hall–Kier alpha value is -2.57. The number of aromatic nitrogens is 2. The number of piperidine rings is 1. The highest BCUT2D eigenvalue weighted by molar-refractivity contribution is 5.79. The van der Waals surface area contributed by atoms with Crippen molar-refractivity contribution in [2.24, 2.45) is 5.92 Å². The lowest BCUT2D eigenvalue weighted by atomic mass is 9.98. The Balaban J connectivity index is 1.68. The van der Waals surface area contributed by atoms with Crippen LogP contribution in [0.25, 0.3) is 11.0 Å². The zero-order valence-corrected chi connectivity index (χ0v) is 16.6. The van der Waals surface area contributed by atoms with E-state index in [0.29, 0.717) is 24.1 Å². The Morgan fingerprint density at radius 2 is 1.96 bits per heavy atom. The summed E-state index contributed by atoms with van der Waals surface area (Å²) in [6.45, 7) is 7.85. The number of fused-ring (bicyclic) bond motifs is 1. The van der Waals surface area contributed by atoms with E-state index in [4.69, 9.17) is 10.5 Å². The normalized spacial score (nSPS) is 17.8. The maximum atomic E-state index is 12.4. The zero-order chi connectivity index (χ0) is 19.6. The van der Waals surface area contributed by atoms with E-state index in [1.165, 1.54) is 0 Å². The number of benzene rings is 1. The van der Waals surface area contributed by atoms with Gasteiger partial charge in [-0.2, -0.15) is 0 Å². The molecule has 0 bridgehead atoms. The van der Waals surface area contributed by atoms with Crippen LogP contribution in [0.4, 0.5) is 16.4 Å². The van der Waals surface area contributed by atoms with Crippen molar-refractivity contribution in [3.05, 3.63) is 24.3 Å². The Morgan fingerprint density at radius 3 is 2.63 bits per heavy atom. The van der Waals surface area contributed by atoms with E-state index < -0.39 is 5.60 Å². The summed E-state index contributed by atoms with van der Waals surface area (Å²) < 4.78 is 5.51. The molecule has 2 aromatic rings. The fraction of sp³-hybridized carbons (Fsp3) is 0.550. The number of hydrogen-bond donors (Lipinski definition) is 1. The second-order valence-electron chi connectivity index (χ2n) is 8.24. The molecule has 1 atom stereocenters. The first-order chi connectivity index (χ1) is 12.7. The van der Waals surface area contributed by atoms with Crippen LogP contribution in [0, 0.1) is 5.92 Å². The van der Waals surface area contributed by atoms with Gasteiger partial charge in [0, 0.05) is 26.7 Å². The highest BCUT2D eigenvalue weighted by Gasteiger charge is 2.28. The molecule has 3 rings (SSSR count). The Kier molecular flexibility index (Phi) is 5.39. The number of nitrogens with zero attached hydrogens (tertiary/aromatic N) is 4. The van der Waals surface area contributed by atoms with Crippen LogP contribution in [0.2, 0.25) is 0 Å². The molecule has 0 spiro atoms. The summed E-state index contributed by atoms with van der Waals surface area (Å²) in [5.74, 6) is 1.45. The first kappa shape index (κ1) is 19.2. The fourth-order valence-electron chi connectivity index (χ4n) is 3.47. The van der Waals surface area contributed by atoms with Crippen molar-refractivity contribution in [2.75, 3.05) is 37.3 Å². The van der Waals surface area contributed by atoms with Gasteiger partial charge in [-0.1, -0.05) is 12.1 Å². The second-order valence-corrected chi connectivity index (χ2v) is 8.24. The molecule has 1 aliphatic heterocycles. The van der Waals surface area contributed by atoms with Gasteiger partial charge < -0.3 is 20.3 Å². The monoisotopic (exact) mass is 371 g/mol. The summed E-state index contributed by atoms with van der Waals surface area (Å²) >= 11 is 0. The van der Waals surface area contributed by atoms with Gasteiger partial charge in [0.15, 0.2) is 11.6 Å². The number of ether oxygens (including phenoxy) is 1. The summed E-state index contributed by atoms with van der Waals surface area (Å²) in [6, 6.07) is 7.70. The predicted octanol–water partition coefficient (Wildman–Crippen LogP) is 3.30. The maximum absolute atomic E-state index is 12.4. The Morgan fingerprint density at radius 1 is 1.30 bits per heavy atom. The molecule has 0 saturated carbocycles. The van der Waals surface area contributed by atoms with E-state index in [1.54, 1.807) is 0 Å². The van der Waals surface area contributed by atoms with E-state index in [2.05, 4.69) is 9.97 Å². The molecule has 1 aliphatic rings. The van der Waals surface area contributed by atoms with E-state index in [1.807, 2.05) is 61.9 Å². The fourth-order valence-corrected chi connectivity index (χ4v) is 3.47. The summed E-state index contributed by atoms with van der Waals surface area (Å²) in [4.78, 5) is 25.3. The molecule has 27 heavy (non-hydrogen) atoms. The average Bonchev–Trinajstić information content (AvgIpc) is 2.60. The molecule has 1 aromatic heterocycles. The van der Waals surface area contributed by atoms with Crippen molar-refractivity contribution in [1.29, 1.82) is 0 Å². The maximum Gasteiger partial charge on any atom is 0.410 e. The van der Waals surface area contributed by atoms with Gasteiger partial charge in [0.1, 0.15) is 5.60 Å². The van der Waals surface area contributed by atoms with E-state index in [0.717, 1.165) is 37.0 Å². The minimum Gasteiger partial charge on any atom is -0.444 e. The largest absolute Gasteiger partial charge is 0.444 e. The number of likely N-dealkylation sites (tertiary alicyclic amines) is 1. The second kappa shape index (κ2) is 7.58. The molecule has 2 N–H and O–H groups in total. The summed E-state index contributed by atoms with van der Waals surface area (Å²) in [5.41, 5.74) is 7.28. The van der Waals surface area contributed by atoms with Crippen molar-refractivity contribution in [1.82, 2.24) is 14.9 Å². The number of amides is 1. The van der Waals surface area contributed by atoms with Crippen molar-refractivity contribution in [2.45, 2.75) is 39.2 Å². The zero-order valence-electron chi connectivity index (χ0n) is 16.6. The van der Waals surface area contributed by atoms with Gasteiger partial charge in [0.05, 0.1) is 11.0 Å². The van der Waals surface area contributed by atoms with Crippen LogP contribution in [0.3, 0.4) is 0 Å². The SMILES string of the molecule is CN(CC1CCCN(C(=O)OC(C)(C)C)C1)c1nc2ccccc2nc1N. The number of hydrogen-bond acceptors (Lipinski definition) is 6. The van der Waals surface area contributed by atoms with Crippen LogP contribution in [0.5, 0.6) is 0 Å². The summed E-state index contributed by atoms with van der Waals surface area (Å²) in [6.07, 6.45) is 1.79. The smallest absolute Gasteiger partial charge is 0.410 e. The number of rotatable bonds is 3. The number of anilines is 2. The van der Waals surface area contributed by atoms with Gasteiger partial charge in [-0.3, -0.25) is 0 Å². The highest BCUT2D eigenvalue weighted by atomic mass is 16.6. The molecule has 1 fully saturated rings. The third kappa shape index (κ3) is 4.78. The summed E-state index contributed by atoms with van der Waals surface area (Å²) in [5, 5.41) is 0. The van der Waals surface area contributed by atoms with Gasteiger partial charge in [-0.05, 0) is 51.7 Å². The van der Waals surface area contributed by atoms with E-state index >= 15 is 0 Å². The number of carbonyl (C=O) groups excluding carboxylic acids is 1. The highest BCUT2D eigenvalue weighted by Crippen LogP contribution is 2.25. The first-order valence-corrected chi connectivity index (χ1v) is 9.44. The van der Waals surface area contributed by atoms with E-state index in [-0.39, 0.29) is 6.09 Å². The van der Waals surface area contributed by atoms with Crippen LogP contribution < -0.4 is 10.6 Å². The first-order valence-electron chi connectivity index (χ1n) is 9.44. The minimum absolute atomic E-state index is 0.236. The molecule has 1 amide bonds. The van der Waals surface area contributed by atoms with Gasteiger partial charge in [-0.15, -0.1) is 0 Å². The van der Waals surface area contributed by atoms with Crippen molar-refractivity contribution < 1.29 is 9.53 Å². The van der Waals surface area contributed by atoms with Crippen LogP contribution >= 0.6 is 0 Å². The number of nitrogens with two attached hydrogens (primary N) is 1. The Bertz CT molecular complexity index is 818. The molecule has 7 heteroatoms. The molecular weight excluding hydrogens is 342 g/mol. The van der Waals surface area contributed by atoms with Crippen molar-refractivity contribution in [3.63, 3.8) is 0 Å². The molecule has 1 aromatic carbocycles. The lowest BCUT2D eigenvalue weighted by Gasteiger charge is -2.36. The third-order valence-corrected chi connectivity index (χ3v) is 4.64. The minimum atomic E-state index is -0.476. The standard InChI is InChI=1S/C20H29N5O2/c1-20(2,3)27-19(26)25-11-7-8-14(13-25)12-24(4)18-17(21)22-15-9-5-6-10-16(15)23-18/h5-6,9-10,14H,7-8,11-13H2,1-4H3,(H2,21,22). The van der Waals surface area contributed by atoms with Crippen LogP contribution in [-0.2, 0) is 4.74 Å². The topological polar surface area (TPSA) is 84.6 Å². The van der Waals surface area contributed by atoms with Gasteiger partial charge in [0.25, 0.3) is 0 Å². The lowest BCUT2D eigenvalue weighted by molar-refractivity contribution is 0.0170. The van der Waals surface area contributed by atoms with Gasteiger partial charge in [-0.25, -0.2) is 14.8 Å². The Labute approximate surface area is 160 Å². The number of nitrogen functional groups attached to an aromatic ring is 1. The molecule has 0 radical (unpaired) electrons. The summed E-state index contributed by atoms with van der Waals surface area (Å²) in [7, 11) is 1.97. The average molecular weight is 371 g/mol. The molecule has 7 nitrogen and oxygen atoms in total. The molecule has 1 saturated heterocycles. The molecule has 1 unspecified atom stereocenters. The third-order valence-electron chi connectivity index (χ3n) is 4.64. The molecule has 2 heterocycles. The number of carbonyl (C=O) groups is 1.